The van der Waals surface area contributed by atoms with Crippen LogP contribution in [0, 0.1) is 5.82 Å². The van der Waals surface area contributed by atoms with Gasteiger partial charge in [0.15, 0.2) is 0 Å². The maximum Gasteiger partial charge on any atom is 0.256 e. The molecule has 0 heterocycles. The van der Waals surface area contributed by atoms with E-state index in [4.69, 9.17) is 4.74 Å². The number of amides is 1. The Morgan fingerprint density at radius 2 is 2.24 bits per heavy atom. The lowest BCUT2D eigenvalue weighted by Gasteiger charge is -2.17. The van der Waals surface area contributed by atoms with Gasteiger partial charge in [-0.15, -0.1) is 0 Å². The molecule has 0 aliphatic carbocycles. The minimum absolute atomic E-state index is 0.0827. The van der Waals surface area contributed by atoms with Crippen LogP contribution < -0.4 is 0 Å². The molecular weight excluding hydrogens is 289 g/mol. The molecule has 94 valence electrons. The fourth-order valence-electron chi connectivity index (χ4n) is 1.42. The molecule has 0 radical (unpaired) electrons. The molecule has 0 bridgehead atoms. The second-order valence-corrected chi connectivity index (χ2v) is 4.53. The number of carbonyl (C=O) groups excluding carboxylic acids is 1. The molecular formula is C12H15BrFNO2. The highest BCUT2D eigenvalue weighted by atomic mass is 79.9. The van der Waals surface area contributed by atoms with E-state index in [9.17, 15) is 9.18 Å². The standard InChI is InChI=1S/C12H15BrFNO2/c1-15(7-4-8-17-2)12(16)9-5-3-6-10(13)11(9)14/h3,5-6H,4,7-8H2,1-2H3. The van der Waals surface area contributed by atoms with E-state index in [1.54, 1.807) is 26.3 Å². The summed E-state index contributed by atoms with van der Waals surface area (Å²) < 4.78 is 18.9. The summed E-state index contributed by atoms with van der Waals surface area (Å²) in [6.07, 6.45) is 0.731. The molecule has 5 heteroatoms. The van der Waals surface area contributed by atoms with Gasteiger partial charge in [0.05, 0.1) is 10.0 Å². The van der Waals surface area contributed by atoms with Crippen LogP contribution in [-0.4, -0.2) is 38.1 Å². The Morgan fingerprint density at radius 1 is 1.53 bits per heavy atom. The lowest BCUT2D eigenvalue weighted by Crippen LogP contribution is -2.29. The molecule has 17 heavy (non-hydrogen) atoms. The van der Waals surface area contributed by atoms with Crippen molar-refractivity contribution in [2.45, 2.75) is 6.42 Å². The summed E-state index contributed by atoms with van der Waals surface area (Å²) in [5, 5.41) is 0. The SMILES string of the molecule is COCCCN(C)C(=O)c1cccc(Br)c1F. The summed E-state index contributed by atoms with van der Waals surface area (Å²) in [7, 11) is 3.26. The molecule has 0 spiro atoms. The largest absolute Gasteiger partial charge is 0.385 e. The number of hydrogen-bond donors (Lipinski definition) is 0. The molecule has 0 saturated heterocycles. The Kier molecular flexibility index (Phi) is 5.58. The lowest BCUT2D eigenvalue weighted by molar-refractivity contribution is 0.0774. The van der Waals surface area contributed by atoms with Crippen molar-refractivity contribution in [2.75, 3.05) is 27.3 Å². The van der Waals surface area contributed by atoms with Crippen molar-refractivity contribution in [2.24, 2.45) is 0 Å². The van der Waals surface area contributed by atoms with Crippen LogP contribution in [0.15, 0.2) is 22.7 Å². The molecule has 0 aromatic heterocycles. The molecule has 0 fully saturated rings. The number of nitrogens with zero attached hydrogens (tertiary/aromatic N) is 1. The Bertz CT molecular complexity index is 398. The minimum atomic E-state index is -0.518. The van der Waals surface area contributed by atoms with E-state index < -0.39 is 5.82 Å². The van der Waals surface area contributed by atoms with E-state index in [0.717, 1.165) is 6.42 Å². The maximum absolute atomic E-state index is 13.7. The summed E-state index contributed by atoms with van der Waals surface area (Å²) in [4.78, 5) is 13.4. The molecule has 0 aliphatic heterocycles. The zero-order chi connectivity index (χ0) is 12.8. The second kappa shape index (κ2) is 6.71. The third-order valence-corrected chi connectivity index (χ3v) is 2.98. The molecule has 0 unspecified atom stereocenters. The van der Waals surface area contributed by atoms with Gasteiger partial charge in [0.2, 0.25) is 0 Å². The second-order valence-electron chi connectivity index (χ2n) is 3.67. The van der Waals surface area contributed by atoms with Crippen LogP contribution in [0.4, 0.5) is 4.39 Å². The molecule has 1 rings (SSSR count). The average Bonchev–Trinajstić information content (AvgIpc) is 2.32. The van der Waals surface area contributed by atoms with Crippen molar-refractivity contribution in [3.05, 3.63) is 34.1 Å². The minimum Gasteiger partial charge on any atom is -0.385 e. The van der Waals surface area contributed by atoms with Gasteiger partial charge in [0, 0.05) is 27.3 Å². The number of rotatable bonds is 5. The Morgan fingerprint density at radius 3 is 2.88 bits per heavy atom. The highest BCUT2D eigenvalue weighted by Gasteiger charge is 2.17. The topological polar surface area (TPSA) is 29.5 Å². The van der Waals surface area contributed by atoms with E-state index in [0.29, 0.717) is 17.6 Å². The van der Waals surface area contributed by atoms with E-state index in [2.05, 4.69) is 15.9 Å². The van der Waals surface area contributed by atoms with Crippen molar-refractivity contribution in [3.63, 3.8) is 0 Å². The van der Waals surface area contributed by atoms with Gasteiger partial charge in [-0.3, -0.25) is 4.79 Å². The van der Waals surface area contributed by atoms with E-state index >= 15 is 0 Å². The molecule has 3 nitrogen and oxygen atoms in total. The maximum atomic E-state index is 13.7. The van der Waals surface area contributed by atoms with Gasteiger partial charge in [-0.1, -0.05) is 6.07 Å². The predicted molar refractivity (Wildman–Crippen MR) is 67.6 cm³/mol. The summed E-state index contributed by atoms with van der Waals surface area (Å²) in [5.41, 5.74) is 0.0827. The van der Waals surface area contributed by atoms with Gasteiger partial charge in [0.25, 0.3) is 5.91 Å². The number of halogens is 2. The zero-order valence-electron chi connectivity index (χ0n) is 9.87. The first kappa shape index (κ1) is 14.1. The first-order valence-electron chi connectivity index (χ1n) is 5.26. The van der Waals surface area contributed by atoms with E-state index in [-0.39, 0.29) is 11.5 Å². The highest BCUT2D eigenvalue weighted by Crippen LogP contribution is 2.19. The first-order chi connectivity index (χ1) is 8.07. The molecule has 0 saturated carbocycles. The van der Waals surface area contributed by atoms with Crippen LogP contribution in [-0.2, 0) is 4.74 Å². The van der Waals surface area contributed by atoms with Gasteiger partial charge in [-0.05, 0) is 34.5 Å². The zero-order valence-corrected chi connectivity index (χ0v) is 11.5. The molecule has 1 amide bonds. The summed E-state index contributed by atoms with van der Waals surface area (Å²) >= 11 is 3.06. The van der Waals surface area contributed by atoms with Crippen molar-refractivity contribution >= 4 is 21.8 Å². The van der Waals surface area contributed by atoms with Crippen LogP contribution in [0.5, 0.6) is 0 Å². The molecule has 1 aromatic rings. The fraction of sp³-hybridized carbons (Fsp3) is 0.417. The van der Waals surface area contributed by atoms with Crippen LogP contribution >= 0.6 is 15.9 Å². The molecule has 1 aromatic carbocycles. The van der Waals surface area contributed by atoms with Crippen LogP contribution in [0.3, 0.4) is 0 Å². The number of ether oxygens (including phenoxy) is 1. The molecule has 0 N–H and O–H groups in total. The van der Waals surface area contributed by atoms with Gasteiger partial charge in [-0.2, -0.15) is 0 Å². The van der Waals surface area contributed by atoms with E-state index in [1.807, 2.05) is 0 Å². The quantitative estimate of drug-likeness (QED) is 0.783. The van der Waals surface area contributed by atoms with E-state index in [1.165, 1.54) is 11.0 Å². The number of methoxy groups -OCH3 is 1. The van der Waals surface area contributed by atoms with Gasteiger partial charge < -0.3 is 9.64 Å². The molecule has 0 aliphatic rings. The average molecular weight is 304 g/mol. The van der Waals surface area contributed by atoms with Crippen LogP contribution in [0.1, 0.15) is 16.8 Å². The highest BCUT2D eigenvalue weighted by molar-refractivity contribution is 9.10. The Labute approximate surface area is 109 Å². The van der Waals surface area contributed by atoms with Gasteiger partial charge in [0.1, 0.15) is 5.82 Å². The fourth-order valence-corrected chi connectivity index (χ4v) is 1.79. The summed E-state index contributed by atoms with van der Waals surface area (Å²) in [6, 6.07) is 4.69. The smallest absolute Gasteiger partial charge is 0.256 e. The Balaban J connectivity index is 2.71. The van der Waals surface area contributed by atoms with Crippen molar-refractivity contribution in [3.8, 4) is 0 Å². The lowest BCUT2D eigenvalue weighted by atomic mass is 10.2. The number of carbonyl (C=O) groups is 1. The Hall–Kier alpha value is -0.940. The number of benzene rings is 1. The normalized spacial score (nSPS) is 10.4. The molecule has 0 atom stereocenters. The van der Waals surface area contributed by atoms with Gasteiger partial charge in [-0.25, -0.2) is 4.39 Å². The summed E-state index contributed by atoms with van der Waals surface area (Å²) in [5.74, 6) is -0.837. The van der Waals surface area contributed by atoms with Crippen LogP contribution in [0.2, 0.25) is 0 Å². The summed E-state index contributed by atoms with van der Waals surface area (Å²) in [6.45, 7) is 1.12. The predicted octanol–water partition coefficient (Wildman–Crippen LogP) is 2.70. The van der Waals surface area contributed by atoms with Crippen molar-refractivity contribution in [1.29, 1.82) is 0 Å². The van der Waals surface area contributed by atoms with Crippen molar-refractivity contribution in [1.82, 2.24) is 4.90 Å². The third-order valence-electron chi connectivity index (χ3n) is 2.37. The van der Waals surface area contributed by atoms with Crippen LogP contribution in [0.25, 0.3) is 0 Å². The number of hydrogen-bond acceptors (Lipinski definition) is 2. The third kappa shape index (κ3) is 3.78. The monoisotopic (exact) mass is 303 g/mol. The first-order valence-corrected chi connectivity index (χ1v) is 6.05. The van der Waals surface area contributed by atoms with Gasteiger partial charge >= 0.3 is 0 Å². The van der Waals surface area contributed by atoms with Crippen molar-refractivity contribution < 1.29 is 13.9 Å².